The van der Waals surface area contributed by atoms with Crippen LogP contribution in [0.3, 0.4) is 0 Å². The van der Waals surface area contributed by atoms with Crippen molar-refractivity contribution in [3.05, 3.63) is 65.7 Å². The monoisotopic (exact) mass is 318 g/mol. The van der Waals surface area contributed by atoms with Crippen LogP contribution in [-0.4, -0.2) is 12.9 Å². The molecule has 0 saturated carbocycles. The molecule has 0 radical (unpaired) electrons. The fraction of sp³-hybridized carbons (Fsp3) is 0.238. The first kappa shape index (κ1) is 13.7. The van der Waals surface area contributed by atoms with Gasteiger partial charge in [-0.15, -0.1) is 0 Å². The molecule has 3 aromatic carbocycles. The summed E-state index contributed by atoms with van der Waals surface area (Å²) in [5, 5.41) is 2.16. The van der Waals surface area contributed by atoms with E-state index in [-0.39, 0.29) is 0 Å². The zero-order chi connectivity index (χ0) is 16.1. The zero-order valence-corrected chi connectivity index (χ0v) is 13.5. The lowest BCUT2D eigenvalue weighted by atomic mass is 9.95. The fourth-order valence-electron chi connectivity index (χ4n) is 3.88. The van der Waals surface area contributed by atoms with Crippen LogP contribution in [0.2, 0.25) is 0 Å². The van der Waals surface area contributed by atoms with Gasteiger partial charge in [0.2, 0.25) is 0 Å². The Balaban J connectivity index is 1.59. The molecule has 2 aliphatic rings. The maximum Gasteiger partial charge on any atom is 0.255 e. The molecule has 1 spiro atoms. The maximum absolute atomic E-state index is 6.43. The van der Waals surface area contributed by atoms with Crippen molar-refractivity contribution in [3.63, 3.8) is 0 Å². The van der Waals surface area contributed by atoms with Crippen molar-refractivity contribution >= 4 is 10.8 Å². The largest absolute Gasteiger partial charge is 0.496 e. The van der Waals surface area contributed by atoms with Gasteiger partial charge in [0.05, 0.1) is 13.5 Å². The Labute approximate surface area is 140 Å². The summed E-state index contributed by atoms with van der Waals surface area (Å²) >= 11 is 0. The van der Waals surface area contributed by atoms with Gasteiger partial charge < -0.3 is 14.2 Å². The molecule has 0 amide bonds. The molecule has 0 fully saturated rings. The van der Waals surface area contributed by atoms with Crippen LogP contribution in [0.15, 0.2) is 54.6 Å². The second-order valence-corrected chi connectivity index (χ2v) is 6.51. The van der Waals surface area contributed by atoms with E-state index in [1.807, 2.05) is 24.3 Å². The molecular formula is C21H18O3. The highest BCUT2D eigenvalue weighted by Crippen LogP contribution is 2.46. The first-order valence-electron chi connectivity index (χ1n) is 8.33. The molecule has 3 heteroatoms. The predicted octanol–water partition coefficient (Wildman–Crippen LogP) is 4.50. The number of ether oxygens (including phenoxy) is 3. The molecule has 0 saturated heterocycles. The van der Waals surface area contributed by atoms with E-state index in [0.29, 0.717) is 0 Å². The molecule has 2 aliphatic heterocycles. The van der Waals surface area contributed by atoms with Gasteiger partial charge >= 0.3 is 0 Å². The van der Waals surface area contributed by atoms with E-state index in [0.717, 1.165) is 47.3 Å². The van der Waals surface area contributed by atoms with E-state index in [1.165, 1.54) is 11.1 Å². The quantitative estimate of drug-likeness (QED) is 0.661. The van der Waals surface area contributed by atoms with Gasteiger partial charge in [-0.3, -0.25) is 0 Å². The van der Waals surface area contributed by atoms with Crippen molar-refractivity contribution in [1.29, 1.82) is 0 Å². The number of rotatable bonds is 1. The van der Waals surface area contributed by atoms with Crippen LogP contribution in [0.4, 0.5) is 0 Å². The van der Waals surface area contributed by atoms with Crippen molar-refractivity contribution in [2.75, 3.05) is 7.11 Å². The van der Waals surface area contributed by atoms with Gasteiger partial charge in [-0.2, -0.15) is 0 Å². The highest BCUT2D eigenvalue weighted by Gasteiger charge is 2.44. The van der Waals surface area contributed by atoms with E-state index >= 15 is 0 Å². The first-order chi connectivity index (χ1) is 11.8. The minimum Gasteiger partial charge on any atom is -0.496 e. The molecule has 24 heavy (non-hydrogen) atoms. The number of fused-ring (bicyclic) bond motifs is 4. The second kappa shape index (κ2) is 4.91. The number of hydrogen-bond donors (Lipinski definition) is 0. The molecule has 0 N–H and O–H groups in total. The highest BCUT2D eigenvalue weighted by atomic mass is 16.7. The number of hydrogen-bond acceptors (Lipinski definition) is 3. The van der Waals surface area contributed by atoms with E-state index in [9.17, 15) is 0 Å². The van der Waals surface area contributed by atoms with E-state index in [1.54, 1.807) is 7.11 Å². The lowest BCUT2D eigenvalue weighted by Gasteiger charge is -2.34. The van der Waals surface area contributed by atoms with Gasteiger partial charge in [-0.1, -0.05) is 42.5 Å². The Kier molecular flexibility index (Phi) is 2.81. The zero-order valence-electron chi connectivity index (χ0n) is 13.5. The third-order valence-corrected chi connectivity index (χ3v) is 5.07. The van der Waals surface area contributed by atoms with Crippen LogP contribution in [0.25, 0.3) is 10.8 Å². The minimum absolute atomic E-state index is 0.575. The van der Waals surface area contributed by atoms with Crippen LogP contribution in [0.1, 0.15) is 17.5 Å². The van der Waals surface area contributed by atoms with Crippen LogP contribution >= 0.6 is 0 Å². The minimum atomic E-state index is -0.575. The summed E-state index contributed by atoms with van der Waals surface area (Å²) in [6, 6.07) is 18.6. The molecule has 1 atom stereocenters. The van der Waals surface area contributed by atoms with E-state index in [4.69, 9.17) is 14.2 Å². The molecule has 120 valence electrons. The fourth-order valence-corrected chi connectivity index (χ4v) is 3.88. The summed E-state index contributed by atoms with van der Waals surface area (Å²) < 4.78 is 18.2. The summed E-state index contributed by atoms with van der Waals surface area (Å²) in [6.07, 6.45) is 2.62. The molecule has 2 heterocycles. The standard InChI is InChI=1S/C21H18O3/c1-22-19-8-4-6-17-16(19)10-9-15-13-21(24-20(15)17)12-11-14-5-2-3-7-18(14)23-21/h2-10H,11-13H2,1H3. The number of para-hydroxylation sites is 1. The predicted molar refractivity (Wildman–Crippen MR) is 93.0 cm³/mol. The van der Waals surface area contributed by atoms with Gasteiger partial charge in [0.1, 0.15) is 17.2 Å². The van der Waals surface area contributed by atoms with Crippen molar-refractivity contribution in [3.8, 4) is 17.2 Å². The van der Waals surface area contributed by atoms with Crippen molar-refractivity contribution in [2.45, 2.75) is 25.0 Å². The maximum atomic E-state index is 6.43. The number of aryl methyl sites for hydroxylation is 1. The second-order valence-electron chi connectivity index (χ2n) is 6.51. The molecule has 3 aromatic rings. The lowest BCUT2D eigenvalue weighted by Crippen LogP contribution is -2.44. The average Bonchev–Trinajstić information content (AvgIpc) is 2.99. The highest BCUT2D eigenvalue weighted by molar-refractivity contribution is 5.94. The van der Waals surface area contributed by atoms with Gasteiger partial charge in [0.15, 0.2) is 0 Å². The van der Waals surface area contributed by atoms with Gasteiger partial charge in [0, 0.05) is 22.8 Å². The summed E-state index contributed by atoms with van der Waals surface area (Å²) in [5.41, 5.74) is 2.46. The Hall–Kier alpha value is -2.68. The van der Waals surface area contributed by atoms with Crippen LogP contribution in [-0.2, 0) is 12.8 Å². The summed E-state index contributed by atoms with van der Waals surface area (Å²) in [5.74, 6) is 2.17. The molecule has 5 rings (SSSR count). The first-order valence-corrected chi connectivity index (χ1v) is 8.33. The van der Waals surface area contributed by atoms with E-state index < -0.39 is 5.79 Å². The molecular weight excluding hydrogens is 300 g/mol. The number of methoxy groups -OCH3 is 1. The summed E-state index contributed by atoms with van der Waals surface area (Å²) in [4.78, 5) is 0. The van der Waals surface area contributed by atoms with Crippen LogP contribution in [0.5, 0.6) is 17.2 Å². The summed E-state index contributed by atoms with van der Waals surface area (Å²) in [7, 11) is 1.70. The summed E-state index contributed by atoms with van der Waals surface area (Å²) in [6.45, 7) is 0. The Morgan fingerprint density at radius 1 is 0.875 bits per heavy atom. The molecule has 3 nitrogen and oxygen atoms in total. The average molecular weight is 318 g/mol. The van der Waals surface area contributed by atoms with E-state index in [2.05, 4.69) is 30.3 Å². The Bertz CT molecular complexity index is 947. The van der Waals surface area contributed by atoms with Crippen LogP contribution in [0, 0.1) is 0 Å². The third-order valence-electron chi connectivity index (χ3n) is 5.07. The number of benzene rings is 3. The molecule has 0 bridgehead atoms. The normalized spacial score (nSPS) is 21.0. The Morgan fingerprint density at radius 2 is 1.79 bits per heavy atom. The van der Waals surface area contributed by atoms with Crippen molar-refractivity contribution < 1.29 is 14.2 Å². The molecule has 0 aliphatic carbocycles. The van der Waals surface area contributed by atoms with Crippen molar-refractivity contribution in [1.82, 2.24) is 0 Å². The smallest absolute Gasteiger partial charge is 0.255 e. The SMILES string of the molecule is COc1cccc2c3c(ccc12)CC1(CCc2ccccc2O1)O3. The van der Waals surface area contributed by atoms with Gasteiger partial charge in [-0.05, 0) is 24.1 Å². The third kappa shape index (κ3) is 1.91. The van der Waals surface area contributed by atoms with Crippen LogP contribution < -0.4 is 14.2 Å². The lowest BCUT2D eigenvalue weighted by molar-refractivity contribution is -0.110. The van der Waals surface area contributed by atoms with Crippen molar-refractivity contribution in [2.24, 2.45) is 0 Å². The molecule has 0 aromatic heterocycles. The van der Waals surface area contributed by atoms with Gasteiger partial charge in [-0.25, -0.2) is 0 Å². The Morgan fingerprint density at radius 3 is 2.71 bits per heavy atom. The molecule has 1 unspecified atom stereocenters. The topological polar surface area (TPSA) is 27.7 Å². The van der Waals surface area contributed by atoms with Gasteiger partial charge in [0.25, 0.3) is 5.79 Å².